The highest BCUT2D eigenvalue weighted by Gasteiger charge is 2.33. The molecule has 0 atom stereocenters. The molecule has 0 spiro atoms. The van der Waals surface area contributed by atoms with Crippen molar-refractivity contribution in [3.63, 3.8) is 0 Å². The number of hydrogen-bond donors (Lipinski definition) is 0. The smallest absolute Gasteiger partial charge is 0.379 e. The van der Waals surface area contributed by atoms with Crippen LogP contribution in [0.3, 0.4) is 0 Å². The normalized spacial score (nSPS) is 16.7. The van der Waals surface area contributed by atoms with E-state index in [-0.39, 0.29) is 0 Å². The maximum absolute atomic E-state index is 12.8. The van der Waals surface area contributed by atoms with Gasteiger partial charge in [-0.3, -0.25) is 4.90 Å². The molecule has 1 aromatic carbocycles. The fourth-order valence-electron chi connectivity index (χ4n) is 1.93. The summed E-state index contributed by atoms with van der Waals surface area (Å²) in [6.45, 7) is 6.89. The van der Waals surface area contributed by atoms with E-state index in [2.05, 4.69) is 0 Å². The van der Waals surface area contributed by atoms with Crippen LogP contribution in [0.4, 0.5) is 13.2 Å². The first-order valence-corrected chi connectivity index (χ1v) is 6.52. The molecule has 0 aromatic heterocycles. The molecule has 0 saturated carbocycles. The van der Waals surface area contributed by atoms with Crippen LogP contribution in [-0.2, 0) is 17.5 Å². The van der Waals surface area contributed by atoms with Crippen LogP contribution in [-0.4, -0.2) is 31.2 Å². The first-order valence-electron chi connectivity index (χ1n) is 6.52. The number of alkyl halides is 3. The van der Waals surface area contributed by atoms with Crippen LogP contribution in [0.2, 0.25) is 0 Å². The zero-order chi connectivity index (χ0) is 14.3. The highest BCUT2D eigenvalue weighted by atomic mass is 19.4. The van der Waals surface area contributed by atoms with Gasteiger partial charge in [-0.05, 0) is 11.6 Å². The SMILES string of the molecule is CC.FC(F)(F)c1ccccc1CN1CCOCC1. The Bertz CT molecular complexity index is 373. The molecule has 1 aromatic rings. The van der Waals surface area contributed by atoms with Crippen molar-refractivity contribution in [2.75, 3.05) is 26.3 Å². The van der Waals surface area contributed by atoms with E-state index < -0.39 is 11.7 Å². The molecule has 0 amide bonds. The minimum absolute atomic E-state index is 0.332. The molecular weight excluding hydrogens is 255 g/mol. The third kappa shape index (κ3) is 4.84. The summed E-state index contributed by atoms with van der Waals surface area (Å²) in [6, 6.07) is 5.74. The second-order valence-corrected chi connectivity index (χ2v) is 4.04. The Morgan fingerprint density at radius 2 is 1.68 bits per heavy atom. The second-order valence-electron chi connectivity index (χ2n) is 4.04. The van der Waals surface area contributed by atoms with E-state index in [9.17, 15) is 13.2 Å². The maximum Gasteiger partial charge on any atom is 0.416 e. The Morgan fingerprint density at radius 1 is 1.11 bits per heavy atom. The van der Waals surface area contributed by atoms with E-state index in [4.69, 9.17) is 4.74 Å². The Labute approximate surface area is 112 Å². The van der Waals surface area contributed by atoms with E-state index in [1.165, 1.54) is 12.1 Å². The third-order valence-corrected chi connectivity index (χ3v) is 2.82. The number of morpholine rings is 1. The molecule has 1 aliphatic rings. The van der Waals surface area contributed by atoms with Crippen molar-refractivity contribution in [1.82, 2.24) is 4.90 Å². The van der Waals surface area contributed by atoms with Crippen molar-refractivity contribution in [1.29, 1.82) is 0 Å². The van der Waals surface area contributed by atoms with Gasteiger partial charge in [-0.2, -0.15) is 13.2 Å². The fraction of sp³-hybridized carbons (Fsp3) is 0.571. The standard InChI is InChI=1S/C12H14F3NO.C2H6/c13-12(14,15)11-4-2-1-3-10(11)9-16-5-7-17-8-6-16;1-2/h1-4H,5-9H2;1-2H3. The van der Waals surface area contributed by atoms with Crippen LogP contribution < -0.4 is 0 Å². The summed E-state index contributed by atoms with van der Waals surface area (Å²) >= 11 is 0. The van der Waals surface area contributed by atoms with Gasteiger partial charge in [0.1, 0.15) is 0 Å². The lowest BCUT2D eigenvalue weighted by atomic mass is 10.1. The molecule has 0 aliphatic carbocycles. The molecule has 5 heteroatoms. The van der Waals surface area contributed by atoms with Crippen molar-refractivity contribution in [2.45, 2.75) is 26.6 Å². The van der Waals surface area contributed by atoms with Crippen molar-refractivity contribution < 1.29 is 17.9 Å². The number of nitrogens with zero attached hydrogens (tertiary/aromatic N) is 1. The van der Waals surface area contributed by atoms with E-state index in [1.54, 1.807) is 6.07 Å². The molecule has 2 rings (SSSR count). The summed E-state index contributed by atoms with van der Waals surface area (Å²) in [5, 5.41) is 0. The molecule has 0 radical (unpaired) electrons. The summed E-state index contributed by atoms with van der Waals surface area (Å²) in [7, 11) is 0. The zero-order valence-corrected chi connectivity index (χ0v) is 11.3. The summed E-state index contributed by atoms with van der Waals surface area (Å²) in [6.07, 6.45) is -4.27. The lowest BCUT2D eigenvalue weighted by Crippen LogP contribution is -2.36. The lowest BCUT2D eigenvalue weighted by Gasteiger charge is -2.27. The Kier molecular flexibility index (Phi) is 6.31. The van der Waals surface area contributed by atoms with Crippen LogP contribution >= 0.6 is 0 Å². The van der Waals surface area contributed by atoms with Crippen LogP contribution in [0.25, 0.3) is 0 Å². The molecular formula is C14H20F3NO. The van der Waals surface area contributed by atoms with Crippen molar-refractivity contribution in [3.8, 4) is 0 Å². The maximum atomic E-state index is 12.8. The lowest BCUT2D eigenvalue weighted by molar-refractivity contribution is -0.138. The predicted octanol–water partition coefficient (Wildman–Crippen LogP) is 3.56. The fourth-order valence-corrected chi connectivity index (χ4v) is 1.93. The molecule has 1 fully saturated rings. The summed E-state index contributed by atoms with van der Waals surface area (Å²) in [5.41, 5.74) is -0.201. The third-order valence-electron chi connectivity index (χ3n) is 2.82. The Hall–Kier alpha value is -1.07. The van der Waals surface area contributed by atoms with Gasteiger partial charge in [-0.1, -0.05) is 32.0 Å². The Balaban J connectivity index is 0.000000861. The van der Waals surface area contributed by atoms with Gasteiger partial charge in [0.15, 0.2) is 0 Å². The van der Waals surface area contributed by atoms with Crippen molar-refractivity contribution in [2.24, 2.45) is 0 Å². The average molecular weight is 275 g/mol. The molecule has 1 aliphatic heterocycles. The number of hydrogen-bond acceptors (Lipinski definition) is 2. The quantitative estimate of drug-likeness (QED) is 0.818. The molecule has 108 valence electrons. The number of ether oxygens (including phenoxy) is 1. The highest BCUT2D eigenvalue weighted by molar-refractivity contribution is 5.29. The first-order chi connectivity index (χ1) is 9.07. The summed E-state index contributed by atoms with van der Waals surface area (Å²) in [4.78, 5) is 1.98. The average Bonchev–Trinajstić information content (AvgIpc) is 2.42. The van der Waals surface area contributed by atoms with Gasteiger partial charge < -0.3 is 4.74 Å². The monoisotopic (exact) mass is 275 g/mol. The first kappa shape index (κ1) is 16.0. The van der Waals surface area contributed by atoms with Gasteiger partial charge in [-0.15, -0.1) is 0 Å². The van der Waals surface area contributed by atoms with Crippen LogP contribution in [0, 0.1) is 0 Å². The van der Waals surface area contributed by atoms with Gasteiger partial charge >= 0.3 is 6.18 Å². The molecule has 19 heavy (non-hydrogen) atoms. The number of rotatable bonds is 2. The number of halogens is 3. The topological polar surface area (TPSA) is 12.5 Å². The van der Waals surface area contributed by atoms with E-state index >= 15 is 0 Å². The van der Waals surface area contributed by atoms with Gasteiger partial charge in [-0.25, -0.2) is 0 Å². The van der Waals surface area contributed by atoms with E-state index in [0.717, 1.165) is 6.07 Å². The molecule has 0 N–H and O–H groups in total. The number of benzene rings is 1. The minimum Gasteiger partial charge on any atom is -0.379 e. The molecule has 0 unspecified atom stereocenters. The molecule has 1 saturated heterocycles. The summed E-state index contributed by atoms with van der Waals surface area (Å²) < 4.78 is 43.4. The van der Waals surface area contributed by atoms with Gasteiger partial charge in [0.2, 0.25) is 0 Å². The largest absolute Gasteiger partial charge is 0.416 e. The predicted molar refractivity (Wildman–Crippen MR) is 68.9 cm³/mol. The highest BCUT2D eigenvalue weighted by Crippen LogP contribution is 2.32. The van der Waals surface area contributed by atoms with Gasteiger partial charge in [0.05, 0.1) is 18.8 Å². The molecule has 1 heterocycles. The zero-order valence-electron chi connectivity index (χ0n) is 11.3. The molecule has 2 nitrogen and oxygen atoms in total. The van der Waals surface area contributed by atoms with Crippen molar-refractivity contribution >= 4 is 0 Å². The minimum atomic E-state index is -4.27. The van der Waals surface area contributed by atoms with Gasteiger partial charge in [0.25, 0.3) is 0 Å². The van der Waals surface area contributed by atoms with Crippen LogP contribution in [0.5, 0.6) is 0 Å². The van der Waals surface area contributed by atoms with E-state index in [0.29, 0.717) is 38.4 Å². The molecule has 0 bridgehead atoms. The van der Waals surface area contributed by atoms with Crippen LogP contribution in [0.15, 0.2) is 24.3 Å². The summed E-state index contributed by atoms with van der Waals surface area (Å²) in [5.74, 6) is 0. The Morgan fingerprint density at radius 3 is 2.26 bits per heavy atom. The van der Waals surface area contributed by atoms with Crippen molar-refractivity contribution in [3.05, 3.63) is 35.4 Å². The van der Waals surface area contributed by atoms with Gasteiger partial charge in [0, 0.05) is 19.6 Å². The van der Waals surface area contributed by atoms with E-state index in [1.807, 2.05) is 18.7 Å². The van der Waals surface area contributed by atoms with Crippen LogP contribution in [0.1, 0.15) is 25.0 Å². The second kappa shape index (κ2) is 7.50.